The maximum absolute atomic E-state index is 10.3. The van der Waals surface area contributed by atoms with Gasteiger partial charge in [0.1, 0.15) is 4.60 Å². The number of hydrogen-bond acceptors (Lipinski definition) is 3. The smallest absolute Gasteiger partial charge is 0.258 e. The predicted octanol–water partition coefficient (Wildman–Crippen LogP) is 2.49. The molecule has 0 aliphatic heterocycles. The first-order valence-electron chi connectivity index (χ1n) is 3.00. The Bertz CT molecular complexity index is 318. The highest BCUT2D eigenvalue weighted by atomic mass is 79.9. The van der Waals surface area contributed by atoms with Gasteiger partial charge in [0.25, 0.3) is 5.69 Å². The molecule has 0 spiro atoms. The van der Waals surface area contributed by atoms with E-state index in [2.05, 4.69) is 20.9 Å². The van der Waals surface area contributed by atoms with Crippen LogP contribution in [0.5, 0.6) is 0 Å². The zero-order valence-electron chi connectivity index (χ0n) is 5.83. The van der Waals surface area contributed by atoms with Crippen LogP contribution in [-0.4, -0.2) is 9.91 Å². The summed E-state index contributed by atoms with van der Waals surface area (Å²) in [4.78, 5) is 13.8. The van der Waals surface area contributed by atoms with Crippen LogP contribution in [0.25, 0.3) is 0 Å². The Morgan fingerprint density at radius 2 is 2.33 bits per heavy atom. The predicted molar refractivity (Wildman–Crippen MR) is 48.1 cm³/mol. The minimum absolute atomic E-state index is 0.00692. The third-order valence-electron chi connectivity index (χ3n) is 1.18. The van der Waals surface area contributed by atoms with Crippen molar-refractivity contribution in [1.29, 1.82) is 0 Å². The molecule has 0 atom stereocenters. The molecule has 1 aromatic rings. The topological polar surface area (TPSA) is 56.0 Å². The van der Waals surface area contributed by atoms with Gasteiger partial charge in [0.15, 0.2) is 0 Å². The third-order valence-corrected chi connectivity index (χ3v) is 1.86. The molecule has 6 heteroatoms. The van der Waals surface area contributed by atoms with Crippen LogP contribution in [-0.2, 0) is 5.88 Å². The Morgan fingerprint density at radius 3 is 2.83 bits per heavy atom. The average Bonchev–Trinajstić information content (AvgIpc) is 2.03. The van der Waals surface area contributed by atoms with Gasteiger partial charge < -0.3 is 0 Å². The van der Waals surface area contributed by atoms with E-state index in [4.69, 9.17) is 11.6 Å². The van der Waals surface area contributed by atoms with E-state index < -0.39 is 4.92 Å². The monoisotopic (exact) mass is 250 g/mol. The van der Waals surface area contributed by atoms with E-state index in [1.54, 1.807) is 0 Å². The number of pyridine rings is 1. The fraction of sp³-hybridized carbons (Fsp3) is 0.167. The Hall–Kier alpha value is -0.680. The minimum atomic E-state index is -0.484. The minimum Gasteiger partial charge on any atom is -0.258 e. The first-order valence-corrected chi connectivity index (χ1v) is 4.33. The molecule has 1 heterocycles. The molecule has 0 saturated carbocycles. The molecule has 0 amide bonds. The van der Waals surface area contributed by atoms with Crippen LogP contribution in [0.1, 0.15) is 5.69 Å². The fourth-order valence-corrected chi connectivity index (χ4v) is 1.31. The van der Waals surface area contributed by atoms with Crippen molar-refractivity contribution in [1.82, 2.24) is 4.98 Å². The van der Waals surface area contributed by atoms with Crippen LogP contribution in [0.15, 0.2) is 16.7 Å². The SMILES string of the molecule is O=[N+]([O-])c1cc(Br)nc(CCl)c1. The molecule has 4 nitrogen and oxygen atoms in total. The zero-order chi connectivity index (χ0) is 9.14. The van der Waals surface area contributed by atoms with Crippen molar-refractivity contribution in [3.8, 4) is 0 Å². The van der Waals surface area contributed by atoms with Gasteiger partial charge in [0, 0.05) is 12.1 Å². The second-order valence-electron chi connectivity index (χ2n) is 2.03. The van der Waals surface area contributed by atoms with E-state index in [1.165, 1.54) is 12.1 Å². The fourth-order valence-electron chi connectivity index (χ4n) is 0.710. The van der Waals surface area contributed by atoms with Crippen LogP contribution in [0.2, 0.25) is 0 Å². The van der Waals surface area contributed by atoms with Crippen molar-refractivity contribution in [3.63, 3.8) is 0 Å². The van der Waals surface area contributed by atoms with Gasteiger partial charge in [-0.15, -0.1) is 11.6 Å². The number of rotatable bonds is 2. The first-order chi connectivity index (χ1) is 5.63. The molecule has 0 saturated heterocycles. The summed E-state index contributed by atoms with van der Waals surface area (Å²) in [6.45, 7) is 0. The van der Waals surface area contributed by atoms with Gasteiger partial charge in [0.2, 0.25) is 0 Å². The van der Waals surface area contributed by atoms with E-state index in [9.17, 15) is 10.1 Å². The van der Waals surface area contributed by atoms with Crippen molar-refractivity contribution in [2.75, 3.05) is 0 Å². The normalized spacial score (nSPS) is 9.83. The van der Waals surface area contributed by atoms with Crippen LogP contribution in [0.4, 0.5) is 5.69 Å². The summed E-state index contributed by atoms with van der Waals surface area (Å²) >= 11 is 8.52. The first kappa shape index (κ1) is 9.41. The average molecular weight is 251 g/mol. The van der Waals surface area contributed by atoms with Gasteiger partial charge in [-0.2, -0.15) is 0 Å². The van der Waals surface area contributed by atoms with Crippen LogP contribution < -0.4 is 0 Å². The lowest BCUT2D eigenvalue weighted by molar-refractivity contribution is -0.385. The van der Waals surface area contributed by atoms with E-state index in [0.29, 0.717) is 10.3 Å². The maximum Gasteiger partial charge on any atom is 0.274 e. The largest absolute Gasteiger partial charge is 0.274 e. The Kier molecular flexibility index (Phi) is 2.99. The molecule has 12 heavy (non-hydrogen) atoms. The van der Waals surface area contributed by atoms with Crippen molar-refractivity contribution in [2.24, 2.45) is 0 Å². The highest BCUT2D eigenvalue weighted by molar-refractivity contribution is 9.10. The molecular formula is C6H4BrClN2O2. The molecule has 0 bridgehead atoms. The van der Waals surface area contributed by atoms with Crippen molar-refractivity contribution in [3.05, 3.63) is 32.5 Å². The van der Waals surface area contributed by atoms with E-state index in [1.807, 2.05) is 0 Å². The summed E-state index contributed by atoms with van der Waals surface area (Å²) in [6.07, 6.45) is 0. The lowest BCUT2D eigenvalue weighted by Gasteiger charge is -1.96. The second-order valence-corrected chi connectivity index (χ2v) is 3.11. The van der Waals surface area contributed by atoms with Gasteiger partial charge in [-0.25, -0.2) is 4.98 Å². The summed E-state index contributed by atoms with van der Waals surface area (Å²) in [5.74, 6) is 0.167. The van der Waals surface area contributed by atoms with Gasteiger partial charge >= 0.3 is 0 Å². The Labute approximate surface area is 81.8 Å². The number of hydrogen-bond donors (Lipinski definition) is 0. The van der Waals surface area contributed by atoms with E-state index >= 15 is 0 Å². The molecule has 1 aromatic heterocycles. The standard InChI is InChI=1S/C6H4BrClN2O2/c7-6-2-5(10(11)12)1-4(3-8)9-6/h1-2H,3H2. The maximum atomic E-state index is 10.3. The Morgan fingerprint density at radius 1 is 1.67 bits per heavy atom. The van der Waals surface area contributed by atoms with Crippen molar-refractivity contribution >= 4 is 33.2 Å². The molecule has 0 N–H and O–H groups in total. The highest BCUT2D eigenvalue weighted by Crippen LogP contribution is 2.18. The quantitative estimate of drug-likeness (QED) is 0.351. The molecule has 0 fully saturated rings. The van der Waals surface area contributed by atoms with Crippen LogP contribution >= 0.6 is 27.5 Å². The molecule has 0 radical (unpaired) electrons. The number of nitrogens with zero attached hydrogens (tertiary/aromatic N) is 2. The van der Waals surface area contributed by atoms with Gasteiger partial charge in [0.05, 0.1) is 16.5 Å². The number of aromatic nitrogens is 1. The van der Waals surface area contributed by atoms with Gasteiger partial charge in [-0.3, -0.25) is 10.1 Å². The summed E-state index contributed by atoms with van der Waals surface area (Å²) in [5, 5.41) is 10.3. The van der Waals surface area contributed by atoms with Crippen molar-refractivity contribution in [2.45, 2.75) is 5.88 Å². The second kappa shape index (κ2) is 3.82. The summed E-state index contributed by atoms with van der Waals surface area (Å²) < 4.78 is 0.423. The number of nitro groups is 1. The molecule has 1 rings (SSSR count). The summed E-state index contributed by atoms with van der Waals surface area (Å²) in [6, 6.07) is 2.67. The van der Waals surface area contributed by atoms with E-state index in [0.717, 1.165) is 0 Å². The van der Waals surface area contributed by atoms with Crippen LogP contribution in [0, 0.1) is 10.1 Å². The van der Waals surface area contributed by atoms with Gasteiger partial charge in [-0.05, 0) is 15.9 Å². The lowest BCUT2D eigenvalue weighted by Crippen LogP contribution is -1.92. The van der Waals surface area contributed by atoms with Crippen LogP contribution in [0.3, 0.4) is 0 Å². The van der Waals surface area contributed by atoms with Gasteiger partial charge in [-0.1, -0.05) is 0 Å². The zero-order valence-corrected chi connectivity index (χ0v) is 8.17. The van der Waals surface area contributed by atoms with Crippen molar-refractivity contribution < 1.29 is 4.92 Å². The molecule has 0 aromatic carbocycles. The summed E-state index contributed by atoms with van der Waals surface area (Å²) in [7, 11) is 0. The molecule has 0 unspecified atom stereocenters. The molecule has 0 aliphatic carbocycles. The molecule has 0 aliphatic rings. The van der Waals surface area contributed by atoms with E-state index in [-0.39, 0.29) is 11.6 Å². The third kappa shape index (κ3) is 2.15. The molecular weight excluding hydrogens is 247 g/mol. The summed E-state index contributed by atoms with van der Waals surface area (Å²) in [5.41, 5.74) is 0.477. The Balaban J connectivity index is 3.15. The molecule has 64 valence electrons. The lowest BCUT2D eigenvalue weighted by atomic mass is 10.3. The highest BCUT2D eigenvalue weighted by Gasteiger charge is 2.08. The number of alkyl halides is 1. The number of halogens is 2.